The molecule has 122 valence electrons. The fraction of sp³-hybridized carbons (Fsp3) is 0.765. The summed E-state index contributed by atoms with van der Waals surface area (Å²) in [7, 11) is 0. The van der Waals surface area contributed by atoms with Crippen LogP contribution in [-0.4, -0.2) is 35.1 Å². The molecule has 0 bridgehead atoms. The topological polar surface area (TPSA) is 72.4 Å². The lowest BCUT2D eigenvalue weighted by atomic mass is 10.1. The molecule has 1 saturated heterocycles. The first-order valence-electron chi connectivity index (χ1n) is 8.64. The molecule has 1 aromatic rings. The Kier molecular flexibility index (Phi) is 4.81. The summed E-state index contributed by atoms with van der Waals surface area (Å²) in [5.41, 5.74) is 5.30. The minimum Gasteiger partial charge on any atom is -0.364 e. The lowest BCUT2D eigenvalue weighted by molar-refractivity contribution is 0.0991. The monoisotopic (exact) mass is 305 g/mol. The summed E-state index contributed by atoms with van der Waals surface area (Å²) < 4.78 is 5.06. The predicted molar refractivity (Wildman–Crippen MR) is 84.6 cm³/mol. The number of aromatic nitrogens is 1. The van der Waals surface area contributed by atoms with Gasteiger partial charge in [-0.2, -0.15) is 0 Å². The number of hydrogen-bond donors (Lipinski definition) is 1. The van der Waals surface area contributed by atoms with Gasteiger partial charge in [0, 0.05) is 24.6 Å². The molecular formula is C17H27N3O2. The molecule has 0 spiro atoms. The zero-order valence-corrected chi connectivity index (χ0v) is 13.5. The van der Waals surface area contributed by atoms with Gasteiger partial charge in [-0.05, 0) is 44.6 Å². The van der Waals surface area contributed by atoms with Crippen molar-refractivity contribution in [3.8, 4) is 0 Å². The van der Waals surface area contributed by atoms with E-state index in [1.165, 1.54) is 45.2 Å². The van der Waals surface area contributed by atoms with Crippen LogP contribution in [0.15, 0.2) is 10.6 Å². The van der Waals surface area contributed by atoms with Crippen LogP contribution in [-0.2, 0) is 0 Å². The normalized spacial score (nSPS) is 26.0. The zero-order valence-electron chi connectivity index (χ0n) is 13.5. The van der Waals surface area contributed by atoms with Crippen molar-refractivity contribution in [2.45, 2.75) is 63.8 Å². The highest BCUT2D eigenvalue weighted by Gasteiger charge is 2.32. The number of carbonyl (C=O) groups excluding carboxylic acids is 1. The number of primary amides is 1. The average Bonchev–Trinajstić information content (AvgIpc) is 2.95. The molecule has 5 nitrogen and oxygen atoms in total. The molecular weight excluding hydrogens is 278 g/mol. The maximum absolute atomic E-state index is 10.7. The Morgan fingerprint density at radius 3 is 2.50 bits per heavy atom. The molecule has 2 aliphatic carbocycles. The summed E-state index contributed by atoms with van der Waals surface area (Å²) in [5, 5.41) is 3.61. The molecule has 2 heterocycles. The summed E-state index contributed by atoms with van der Waals surface area (Å²) in [6.07, 6.45) is 9.13. The minimum absolute atomic E-state index is 0.238. The van der Waals surface area contributed by atoms with Crippen molar-refractivity contribution >= 4 is 5.91 Å². The van der Waals surface area contributed by atoms with Crippen molar-refractivity contribution in [3.63, 3.8) is 0 Å². The molecule has 0 aromatic carbocycles. The van der Waals surface area contributed by atoms with E-state index in [1.807, 2.05) is 0 Å². The van der Waals surface area contributed by atoms with Gasteiger partial charge in [0.1, 0.15) is 5.76 Å². The summed E-state index contributed by atoms with van der Waals surface area (Å²) >= 11 is 0. The van der Waals surface area contributed by atoms with E-state index in [9.17, 15) is 4.79 Å². The number of rotatable bonds is 3. The molecule has 22 heavy (non-hydrogen) atoms. The number of nitrogens with two attached hydrogens (primary N) is 1. The van der Waals surface area contributed by atoms with Crippen LogP contribution in [0.4, 0.5) is 0 Å². The van der Waals surface area contributed by atoms with Crippen LogP contribution in [0, 0.1) is 5.92 Å². The van der Waals surface area contributed by atoms with Gasteiger partial charge >= 0.3 is 0 Å². The van der Waals surface area contributed by atoms with Gasteiger partial charge in [-0.25, -0.2) is 0 Å². The molecule has 1 aliphatic heterocycles. The number of carbonyl (C=O) groups is 1. The van der Waals surface area contributed by atoms with Crippen molar-refractivity contribution in [2.75, 3.05) is 13.1 Å². The Balaban J connectivity index is 0.000000139. The molecule has 5 heteroatoms. The Morgan fingerprint density at radius 2 is 2.00 bits per heavy atom. The third kappa shape index (κ3) is 3.88. The second kappa shape index (κ2) is 6.82. The standard InChI is InChI=1S/C9H12N2O2.C8H15N/c10-9(12)7-5-8(13-11-7)6-3-1-2-4-6;1-7-4-5-9(6-7)8-2-3-8/h5-6H,1-4H2,(H2,10,12);7-8H,2-6H2,1H3. The Bertz CT molecular complexity index is 504. The van der Waals surface area contributed by atoms with E-state index >= 15 is 0 Å². The van der Waals surface area contributed by atoms with Crippen molar-refractivity contribution in [2.24, 2.45) is 11.7 Å². The molecule has 1 unspecified atom stereocenters. The van der Waals surface area contributed by atoms with Crippen molar-refractivity contribution in [1.29, 1.82) is 0 Å². The lowest BCUT2D eigenvalue weighted by Crippen LogP contribution is -2.22. The lowest BCUT2D eigenvalue weighted by Gasteiger charge is -2.12. The first-order chi connectivity index (χ1) is 10.6. The molecule has 1 amide bonds. The predicted octanol–water partition coefficient (Wildman–Crippen LogP) is 2.92. The molecule has 1 aromatic heterocycles. The van der Waals surface area contributed by atoms with E-state index in [4.69, 9.17) is 10.3 Å². The van der Waals surface area contributed by atoms with Gasteiger partial charge in [0.25, 0.3) is 5.91 Å². The second-order valence-electron chi connectivity index (χ2n) is 7.08. The number of hydrogen-bond acceptors (Lipinski definition) is 4. The first-order valence-corrected chi connectivity index (χ1v) is 8.64. The summed E-state index contributed by atoms with van der Waals surface area (Å²) in [5.74, 6) is 1.71. The Morgan fingerprint density at radius 1 is 1.27 bits per heavy atom. The van der Waals surface area contributed by atoms with Gasteiger partial charge < -0.3 is 15.2 Å². The molecule has 0 radical (unpaired) electrons. The molecule has 2 N–H and O–H groups in total. The first kappa shape index (κ1) is 15.5. The van der Waals surface area contributed by atoms with Gasteiger partial charge in [-0.3, -0.25) is 4.79 Å². The average molecular weight is 305 g/mol. The number of nitrogens with zero attached hydrogens (tertiary/aromatic N) is 2. The number of likely N-dealkylation sites (tertiary alicyclic amines) is 1. The molecule has 1 atom stereocenters. The number of amides is 1. The highest BCUT2D eigenvalue weighted by atomic mass is 16.5. The maximum atomic E-state index is 10.7. The van der Waals surface area contributed by atoms with Crippen LogP contribution in [0.2, 0.25) is 0 Å². The molecule has 3 aliphatic rings. The SMILES string of the molecule is CC1CCN(C2CC2)C1.NC(=O)c1cc(C2CCCC2)on1. The van der Waals surface area contributed by atoms with Gasteiger partial charge in [-0.1, -0.05) is 24.9 Å². The van der Waals surface area contributed by atoms with Gasteiger partial charge in [0.2, 0.25) is 0 Å². The Labute approximate surface area is 132 Å². The van der Waals surface area contributed by atoms with Gasteiger partial charge in [-0.15, -0.1) is 0 Å². The maximum Gasteiger partial charge on any atom is 0.270 e. The molecule has 2 saturated carbocycles. The third-order valence-corrected chi connectivity index (χ3v) is 5.06. The van der Waals surface area contributed by atoms with Crippen molar-refractivity contribution in [1.82, 2.24) is 10.1 Å². The van der Waals surface area contributed by atoms with Crippen LogP contribution in [0.3, 0.4) is 0 Å². The van der Waals surface area contributed by atoms with E-state index in [-0.39, 0.29) is 5.69 Å². The van der Waals surface area contributed by atoms with Crippen molar-refractivity contribution < 1.29 is 9.32 Å². The van der Waals surface area contributed by atoms with Crippen LogP contribution >= 0.6 is 0 Å². The Hall–Kier alpha value is -1.36. The summed E-state index contributed by atoms with van der Waals surface area (Å²) in [6, 6.07) is 2.67. The largest absolute Gasteiger partial charge is 0.364 e. The van der Waals surface area contributed by atoms with E-state index in [0.29, 0.717) is 5.92 Å². The minimum atomic E-state index is -0.520. The van der Waals surface area contributed by atoms with Crippen LogP contribution in [0.25, 0.3) is 0 Å². The van der Waals surface area contributed by atoms with Crippen LogP contribution in [0.1, 0.15) is 74.0 Å². The zero-order chi connectivity index (χ0) is 15.5. The van der Waals surface area contributed by atoms with E-state index in [0.717, 1.165) is 30.6 Å². The fourth-order valence-electron chi connectivity index (χ4n) is 3.55. The van der Waals surface area contributed by atoms with Gasteiger partial charge in [0.15, 0.2) is 5.69 Å². The third-order valence-electron chi connectivity index (χ3n) is 5.06. The fourth-order valence-corrected chi connectivity index (χ4v) is 3.55. The summed E-state index contributed by atoms with van der Waals surface area (Å²) in [6.45, 7) is 5.12. The molecule has 3 fully saturated rings. The van der Waals surface area contributed by atoms with Gasteiger partial charge in [0.05, 0.1) is 0 Å². The second-order valence-corrected chi connectivity index (χ2v) is 7.08. The van der Waals surface area contributed by atoms with E-state index in [2.05, 4.69) is 17.0 Å². The van der Waals surface area contributed by atoms with E-state index < -0.39 is 5.91 Å². The quantitative estimate of drug-likeness (QED) is 0.932. The molecule has 4 rings (SSSR count). The van der Waals surface area contributed by atoms with Crippen molar-refractivity contribution in [3.05, 3.63) is 17.5 Å². The highest BCUT2D eigenvalue weighted by Crippen LogP contribution is 2.34. The van der Waals surface area contributed by atoms with Crippen LogP contribution < -0.4 is 5.73 Å². The van der Waals surface area contributed by atoms with E-state index in [1.54, 1.807) is 6.07 Å². The summed E-state index contributed by atoms with van der Waals surface area (Å²) in [4.78, 5) is 13.4. The van der Waals surface area contributed by atoms with Crippen LogP contribution in [0.5, 0.6) is 0 Å². The highest BCUT2D eigenvalue weighted by molar-refractivity contribution is 5.90. The smallest absolute Gasteiger partial charge is 0.270 e.